The fraction of sp³-hybridized carbons (Fsp3) is 0.182. The lowest BCUT2D eigenvalue weighted by Gasteiger charge is -2.13. The predicted molar refractivity (Wildman–Crippen MR) is 68.7 cm³/mol. The Hall–Kier alpha value is -2.08. The van der Waals surface area contributed by atoms with E-state index in [9.17, 15) is 10.1 Å². The Morgan fingerprint density at radius 2 is 2.33 bits per heavy atom. The number of nitrogens with one attached hydrogen (secondary N) is 2. The molecule has 1 unspecified atom stereocenters. The van der Waals surface area contributed by atoms with Gasteiger partial charge >= 0.3 is 0 Å². The molecule has 2 rings (SSSR count). The third-order valence-corrected chi connectivity index (χ3v) is 2.69. The molecule has 1 aromatic carbocycles. The van der Waals surface area contributed by atoms with Crippen LogP contribution < -0.4 is 5.32 Å². The molecule has 0 saturated heterocycles. The summed E-state index contributed by atoms with van der Waals surface area (Å²) >= 11 is 5.84. The lowest BCUT2D eigenvalue weighted by Crippen LogP contribution is -2.09. The van der Waals surface area contributed by atoms with Gasteiger partial charge in [-0.2, -0.15) is 0 Å². The molecule has 0 radical (unpaired) electrons. The van der Waals surface area contributed by atoms with Gasteiger partial charge in [-0.3, -0.25) is 10.1 Å². The van der Waals surface area contributed by atoms with Gasteiger partial charge in [0.2, 0.25) is 0 Å². The maximum atomic E-state index is 10.9. The number of hydrogen-bond acceptors (Lipinski definition) is 4. The highest BCUT2D eigenvalue weighted by Gasteiger charge is 2.17. The number of nitro benzene ring substituents is 1. The summed E-state index contributed by atoms with van der Waals surface area (Å²) in [4.78, 5) is 17.5. The van der Waals surface area contributed by atoms with Crippen molar-refractivity contribution >= 4 is 23.0 Å². The largest absolute Gasteiger partial charge is 0.370 e. The molecule has 0 aliphatic carbocycles. The molecule has 94 valence electrons. The molecule has 0 aliphatic heterocycles. The molecule has 2 aromatic rings. The SMILES string of the molecule is CC(Nc1cc(Cl)ccc1[N+](=O)[O-])c1ncc[nH]1. The fourth-order valence-corrected chi connectivity index (χ4v) is 1.77. The Bertz CT molecular complexity index is 556. The number of benzene rings is 1. The van der Waals surface area contributed by atoms with Gasteiger partial charge in [0, 0.05) is 23.5 Å². The zero-order chi connectivity index (χ0) is 13.1. The third kappa shape index (κ3) is 2.60. The van der Waals surface area contributed by atoms with E-state index in [2.05, 4.69) is 15.3 Å². The van der Waals surface area contributed by atoms with Crippen molar-refractivity contribution in [2.75, 3.05) is 5.32 Å². The first-order valence-corrected chi connectivity index (χ1v) is 5.65. The van der Waals surface area contributed by atoms with Crippen LogP contribution in [-0.2, 0) is 0 Å². The van der Waals surface area contributed by atoms with Crippen LogP contribution in [0.1, 0.15) is 18.8 Å². The summed E-state index contributed by atoms with van der Waals surface area (Å²) in [6.45, 7) is 1.85. The van der Waals surface area contributed by atoms with Crippen molar-refractivity contribution in [3.05, 3.63) is 51.6 Å². The Morgan fingerprint density at radius 1 is 1.56 bits per heavy atom. The molecule has 0 bridgehead atoms. The first-order chi connectivity index (χ1) is 8.58. The van der Waals surface area contributed by atoms with Crippen LogP contribution in [0.5, 0.6) is 0 Å². The van der Waals surface area contributed by atoms with Crippen molar-refractivity contribution in [3.8, 4) is 0 Å². The Morgan fingerprint density at radius 3 is 2.94 bits per heavy atom. The molecule has 18 heavy (non-hydrogen) atoms. The van der Waals surface area contributed by atoms with Crippen molar-refractivity contribution < 1.29 is 4.92 Å². The van der Waals surface area contributed by atoms with E-state index in [-0.39, 0.29) is 11.7 Å². The summed E-state index contributed by atoms with van der Waals surface area (Å²) in [5, 5.41) is 14.4. The highest BCUT2D eigenvalue weighted by atomic mass is 35.5. The molecule has 1 atom stereocenters. The fourth-order valence-electron chi connectivity index (χ4n) is 1.60. The number of hydrogen-bond donors (Lipinski definition) is 2. The number of nitrogens with zero attached hydrogens (tertiary/aromatic N) is 2. The summed E-state index contributed by atoms with van der Waals surface area (Å²) in [6, 6.07) is 4.21. The number of H-pyrrole nitrogens is 1. The van der Waals surface area contributed by atoms with Gasteiger partial charge in [-0.1, -0.05) is 11.6 Å². The van der Waals surface area contributed by atoms with E-state index in [4.69, 9.17) is 11.6 Å². The molecular formula is C11H11ClN4O2. The van der Waals surface area contributed by atoms with E-state index in [1.54, 1.807) is 12.4 Å². The van der Waals surface area contributed by atoms with E-state index in [1.807, 2.05) is 6.92 Å². The van der Waals surface area contributed by atoms with Crippen molar-refractivity contribution in [1.82, 2.24) is 9.97 Å². The highest BCUT2D eigenvalue weighted by Crippen LogP contribution is 2.30. The minimum Gasteiger partial charge on any atom is -0.370 e. The number of aromatic amines is 1. The van der Waals surface area contributed by atoms with Gasteiger partial charge in [0.1, 0.15) is 11.5 Å². The maximum absolute atomic E-state index is 10.9. The summed E-state index contributed by atoms with van der Waals surface area (Å²) in [6.07, 6.45) is 3.32. The Kier molecular flexibility index (Phi) is 3.47. The second-order valence-corrected chi connectivity index (χ2v) is 4.20. The lowest BCUT2D eigenvalue weighted by atomic mass is 10.2. The van der Waals surface area contributed by atoms with Crippen LogP contribution >= 0.6 is 11.6 Å². The van der Waals surface area contributed by atoms with Crippen LogP contribution in [0.15, 0.2) is 30.6 Å². The van der Waals surface area contributed by atoms with Crippen molar-refractivity contribution in [1.29, 1.82) is 0 Å². The first-order valence-electron chi connectivity index (χ1n) is 5.27. The molecular weight excluding hydrogens is 256 g/mol. The smallest absolute Gasteiger partial charge is 0.292 e. The molecule has 6 nitrogen and oxygen atoms in total. The topological polar surface area (TPSA) is 83.8 Å². The van der Waals surface area contributed by atoms with Gasteiger partial charge in [-0.15, -0.1) is 0 Å². The van der Waals surface area contributed by atoms with Crippen LogP contribution in [0.4, 0.5) is 11.4 Å². The van der Waals surface area contributed by atoms with E-state index < -0.39 is 4.92 Å². The molecule has 7 heteroatoms. The zero-order valence-electron chi connectivity index (χ0n) is 9.55. The molecule has 1 aromatic heterocycles. The summed E-state index contributed by atoms with van der Waals surface area (Å²) in [5.41, 5.74) is 0.356. The number of halogens is 1. The Balaban J connectivity index is 2.28. The van der Waals surface area contributed by atoms with Crippen LogP contribution in [0.3, 0.4) is 0 Å². The van der Waals surface area contributed by atoms with Crippen LogP contribution in [0, 0.1) is 10.1 Å². The Labute approximate surface area is 108 Å². The molecule has 1 heterocycles. The minimum atomic E-state index is -0.451. The summed E-state index contributed by atoms with van der Waals surface area (Å²) in [7, 11) is 0. The van der Waals surface area contributed by atoms with Gasteiger partial charge in [-0.25, -0.2) is 4.98 Å². The molecule has 2 N–H and O–H groups in total. The minimum absolute atomic E-state index is 0.0159. The highest BCUT2D eigenvalue weighted by molar-refractivity contribution is 6.31. The van der Waals surface area contributed by atoms with Crippen molar-refractivity contribution in [3.63, 3.8) is 0 Å². The second kappa shape index (κ2) is 5.05. The average Bonchev–Trinajstić information content (AvgIpc) is 2.81. The summed E-state index contributed by atoms with van der Waals surface area (Å²) < 4.78 is 0. The van der Waals surface area contributed by atoms with E-state index in [0.29, 0.717) is 16.5 Å². The number of imidazole rings is 1. The molecule has 0 saturated carbocycles. The number of aromatic nitrogens is 2. The molecule has 0 spiro atoms. The van der Waals surface area contributed by atoms with Gasteiger partial charge in [0.05, 0.1) is 11.0 Å². The van der Waals surface area contributed by atoms with Crippen molar-refractivity contribution in [2.45, 2.75) is 13.0 Å². The number of rotatable bonds is 4. The second-order valence-electron chi connectivity index (χ2n) is 3.76. The molecule has 0 fully saturated rings. The van der Waals surface area contributed by atoms with Gasteiger partial charge in [-0.05, 0) is 19.1 Å². The first kappa shape index (κ1) is 12.4. The van der Waals surface area contributed by atoms with E-state index >= 15 is 0 Å². The normalized spacial score (nSPS) is 12.1. The average molecular weight is 267 g/mol. The van der Waals surface area contributed by atoms with Crippen molar-refractivity contribution in [2.24, 2.45) is 0 Å². The van der Waals surface area contributed by atoms with Crippen LogP contribution in [0.25, 0.3) is 0 Å². The number of anilines is 1. The lowest BCUT2D eigenvalue weighted by molar-refractivity contribution is -0.384. The predicted octanol–water partition coefficient (Wildman–Crippen LogP) is 3.14. The van der Waals surface area contributed by atoms with Crippen LogP contribution in [-0.4, -0.2) is 14.9 Å². The van der Waals surface area contributed by atoms with E-state index in [1.165, 1.54) is 18.2 Å². The monoisotopic (exact) mass is 266 g/mol. The van der Waals surface area contributed by atoms with Gasteiger partial charge in [0.25, 0.3) is 5.69 Å². The number of nitro groups is 1. The third-order valence-electron chi connectivity index (χ3n) is 2.46. The maximum Gasteiger partial charge on any atom is 0.292 e. The van der Waals surface area contributed by atoms with E-state index in [0.717, 1.165) is 0 Å². The molecule has 0 amide bonds. The standard InChI is InChI=1S/C11H11ClN4O2/c1-7(11-13-4-5-14-11)15-9-6-8(12)2-3-10(9)16(17)18/h2-7,15H,1H3,(H,13,14). The quantitative estimate of drug-likeness (QED) is 0.658. The van der Waals surface area contributed by atoms with Gasteiger partial charge in [0.15, 0.2) is 0 Å². The zero-order valence-corrected chi connectivity index (χ0v) is 10.3. The molecule has 0 aliphatic rings. The van der Waals surface area contributed by atoms with Gasteiger partial charge < -0.3 is 10.3 Å². The summed E-state index contributed by atoms with van der Waals surface area (Å²) in [5.74, 6) is 0.698. The van der Waals surface area contributed by atoms with Crippen LogP contribution in [0.2, 0.25) is 5.02 Å².